The van der Waals surface area contributed by atoms with Crippen LogP contribution in [0, 0.1) is 11.3 Å². The van der Waals surface area contributed by atoms with Gasteiger partial charge in [-0.05, 0) is 64.7 Å². The smallest absolute Gasteiger partial charge is 0.252 e. The van der Waals surface area contributed by atoms with Gasteiger partial charge in [-0.25, -0.2) is 0 Å². The molecule has 4 heteroatoms. The molecule has 21 heavy (non-hydrogen) atoms. The van der Waals surface area contributed by atoms with E-state index in [-0.39, 0.29) is 5.91 Å². The first-order valence-corrected chi connectivity index (χ1v) is 9.24. The van der Waals surface area contributed by atoms with E-state index in [4.69, 9.17) is 0 Å². The van der Waals surface area contributed by atoms with Gasteiger partial charge in [-0.1, -0.05) is 42.6 Å². The molecule has 0 aliphatic heterocycles. The van der Waals surface area contributed by atoms with Gasteiger partial charge in [-0.2, -0.15) is 0 Å². The molecule has 2 nitrogen and oxygen atoms in total. The van der Waals surface area contributed by atoms with Crippen LogP contribution < -0.4 is 5.32 Å². The quantitative estimate of drug-likeness (QED) is 0.669. The lowest BCUT2D eigenvalue weighted by molar-refractivity contribution is 0.0921. The van der Waals surface area contributed by atoms with Crippen LogP contribution in [0.5, 0.6) is 0 Å². The Morgan fingerprint density at radius 1 is 1.29 bits per heavy atom. The van der Waals surface area contributed by atoms with E-state index in [1.807, 2.05) is 18.2 Å². The standard InChI is InChI=1S/C17H23Br2NO/c1-12(2)10-17(7-3-4-8-17)11-20-16(21)14-9-13(18)5-6-15(14)19/h5-6,9,12H,3-4,7-8,10-11H2,1-2H3,(H,20,21). The van der Waals surface area contributed by atoms with Crippen molar-refractivity contribution in [1.82, 2.24) is 5.32 Å². The Morgan fingerprint density at radius 3 is 2.57 bits per heavy atom. The fourth-order valence-corrected chi connectivity index (χ4v) is 4.27. The van der Waals surface area contributed by atoms with E-state index in [0.717, 1.165) is 15.5 Å². The molecule has 1 fully saturated rings. The molecule has 1 aromatic rings. The molecule has 0 saturated heterocycles. The highest BCUT2D eigenvalue weighted by atomic mass is 79.9. The monoisotopic (exact) mass is 415 g/mol. The van der Waals surface area contributed by atoms with Crippen molar-refractivity contribution in [3.63, 3.8) is 0 Å². The molecule has 0 heterocycles. The number of halogens is 2. The Hall–Kier alpha value is -0.350. The van der Waals surface area contributed by atoms with Crippen molar-refractivity contribution in [2.45, 2.75) is 46.0 Å². The minimum atomic E-state index is 0.0122. The van der Waals surface area contributed by atoms with Crippen LogP contribution in [-0.2, 0) is 0 Å². The van der Waals surface area contributed by atoms with Gasteiger partial charge < -0.3 is 5.32 Å². The summed E-state index contributed by atoms with van der Waals surface area (Å²) in [6.45, 7) is 5.34. The Bertz CT molecular complexity index is 508. The summed E-state index contributed by atoms with van der Waals surface area (Å²) in [5.74, 6) is 0.691. The number of nitrogens with one attached hydrogen (secondary N) is 1. The maximum absolute atomic E-state index is 12.4. The number of rotatable bonds is 5. The Balaban J connectivity index is 2.03. The highest BCUT2D eigenvalue weighted by Gasteiger charge is 2.34. The molecule has 2 rings (SSSR count). The number of carbonyl (C=O) groups excluding carboxylic acids is 1. The molecule has 1 N–H and O–H groups in total. The van der Waals surface area contributed by atoms with E-state index in [9.17, 15) is 4.79 Å². The van der Waals surface area contributed by atoms with E-state index in [0.29, 0.717) is 16.9 Å². The molecule has 0 spiro atoms. The second kappa shape index (κ2) is 7.28. The van der Waals surface area contributed by atoms with Crippen LogP contribution in [0.25, 0.3) is 0 Å². The van der Waals surface area contributed by atoms with Crippen LogP contribution in [0.4, 0.5) is 0 Å². The van der Waals surface area contributed by atoms with Crippen LogP contribution in [0.15, 0.2) is 27.1 Å². The van der Waals surface area contributed by atoms with Gasteiger partial charge in [-0.15, -0.1) is 0 Å². The van der Waals surface area contributed by atoms with Crippen molar-refractivity contribution in [1.29, 1.82) is 0 Å². The van der Waals surface area contributed by atoms with Crippen LogP contribution in [0.1, 0.15) is 56.3 Å². The Morgan fingerprint density at radius 2 is 1.95 bits per heavy atom. The van der Waals surface area contributed by atoms with Gasteiger partial charge in [0.05, 0.1) is 5.56 Å². The summed E-state index contributed by atoms with van der Waals surface area (Å²) >= 11 is 6.88. The number of benzene rings is 1. The third-order valence-corrected chi connectivity index (χ3v) is 5.49. The summed E-state index contributed by atoms with van der Waals surface area (Å²) in [4.78, 5) is 12.4. The third-order valence-electron chi connectivity index (χ3n) is 4.30. The van der Waals surface area contributed by atoms with Crippen LogP contribution in [0.3, 0.4) is 0 Å². The SMILES string of the molecule is CC(C)CC1(CNC(=O)c2cc(Br)ccc2Br)CCCC1. The molecule has 0 bridgehead atoms. The highest BCUT2D eigenvalue weighted by Crippen LogP contribution is 2.42. The normalized spacial score (nSPS) is 17.2. The molecule has 1 aliphatic carbocycles. The lowest BCUT2D eigenvalue weighted by atomic mass is 9.78. The minimum Gasteiger partial charge on any atom is -0.351 e. The molecular weight excluding hydrogens is 394 g/mol. The molecule has 1 amide bonds. The summed E-state index contributed by atoms with van der Waals surface area (Å²) in [6.07, 6.45) is 6.27. The van der Waals surface area contributed by atoms with Crippen molar-refractivity contribution in [3.8, 4) is 0 Å². The maximum atomic E-state index is 12.4. The first-order valence-electron chi connectivity index (χ1n) is 7.65. The van der Waals surface area contributed by atoms with Crippen molar-refractivity contribution in [2.75, 3.05) is 6.54 Å². The molecule has 0 aromatic heterocycles. The van der Waals surface area contributed by atoms with Gasteiger partial charge in [-0.3, -0.25) is 4.79 Å². The second-order valence-electron chi connectivity index (χ2n) is 6.61. The zero-order valence-electron chi connectivity index (χ0n) is 12.7. The van der Waals surface area contributed by atoms with E-state index in [1.54, 1.807) is 0 Å². The lowest BCUT2D eigenvalue weighted by Crippen LogP contribution is -2.37. The minimum absolute atomic E-state index is 0.0122. The van der Waals surface area contributed by atoms with Crippen molar-refractivity contribution in [2.24, 2.45) is 11.3 Å². The average molecular weight is 417 g/mol. The Labute approximate surface area is 144 Å². The topological polar surface area (TPSA) is 29.1 Å². The lowest BCUT2D eigenvalue weighted by Gasteiger charge is -2.31. The molecule has 0 unspecified atom stereocenters. The largest absolute Gasteiger partial charge is 0.351 e. The van der Waals surface area contributed by atoms with Gasteiger partial charge in [0.1, 0.15) is 0 Å². The van der Waals surface area contributed by atoms with E-state index >= 15 is 0 Å². The number of hydrogen-bond acceptors (Lipinski definition) is 1. The fraction of sp³-hybridized carbons (Fsp3) is 0.588. The van der Waals surface area contributed by atoms with Crippen LogP contribution in [-0.4, -0.2) is 12.5 Å². The Kier molecular flexibility index (Phi) is 5.89. The molecule has 0 atom stereocenters. The van der Waals surface area contributed by atoms with Gasteiger partial charge in [0, 0.05) is 15.5 Å². The molecular formula is C17H23Br2NO. The summed E-state index contributed by atoms with van der Waals surface area (Å²) < 4.78 is 1.76. The fourth-order valence-electron chi connectivity index (χ4n) is 3.48. The number of amides is 1. The molecule has 1 aliphatic rings. The average Bonchev–Trinajstić information content (AvgIpc) is 2.87. The van der Waals surface area contributed by atoms with Crippen molar-refractivity contribution in [3.05, 3.63) is 32.7 Å². The highest BCUT2D eigenvalue weighted by molar-refractivity contribution is 9.11. The number of carbonyl (C=O) groups is 1. The molecule has 116 valence electrons. The van der Waals surface area contributed by atoms with Crippen molar-refractivity contribution < 1.29 is 4.79 Å². The zero-order valence-corrected chi connectivity index (χ0v) is 15.9. The zero-order chi connectivity index (χ0) is 15.5. The first-order chi connectivity index (χ1) is 9.92. The van der Waals surface area contributed by atoms with Crippen molar-refractivity contribution >= 4 is 37.8 Å². The van der Waals surface area contributed by atoms with E-state index in [1.165, 1.54) is 32.1 Å². The molecule has 1 saturated carbocycles. The third kappa shape index (κ3) is 4.56. The van der Waals surface area contributed by atoms with Crippen LogP contribution >= 0.6 is 31.9 Å². The predicted octanol–water partition coefficient (Wildman–Crippen LogP) is 5.55. The predicted molar refractivity (Wildman–Crippen MR) is 94.5 cm³/mol. The summed E-state index contributed by atoms with van der Waals surface area (Å²) in [5, 5.41) is 3.17. The van der Waals surface area contributed by atoms with Crippen LogP contribution in [0.2, 0.25) is 0 Å². The van der Waals surface area contributed by atoms with Gasteiger partial charge >= 0.3 is 0 Å². The first kappa shape index (κ1) is 17.0. The summed E-state index contributed by atoms with van der Waals surface area (Å²) in [5.41, 5.74) is 1.00. The summed E-state index contributed by atoms with van der Waals surface area (Å²) in [6, 6.07) is 5.69. The molecule has 0 radical (unpaired) electrons. The number of hydrogen-bond donors (Lipinski definition) is 1. The summed E-state index contributed by atoms with van der Waals surface area (Å²) in [7, 11) is 0. The maximum Gasteiger partial charge on any atom is 0.252 e. The molecule has 1 aromatic carbocycles. The second-order valence-corrected chi connectivity index (χ2v) is 8.38. The van der Waals surface area contributed by atoms with Gasteiger partial charge in [0.15, 0.2) is 0 Å². The van der Waals surface area contributed by atoms with Gasteiger partial charge in [0.25, 0.3) is 5.91 Å². The van der Waals surface area contributed by atoms with E-state index in [2.05, 4.69) is 51.0 Å². The van der Waals surface area contributed by atoms with E-state index < -0.39 is 0 Å². The van der Waals surface area contributed by atoms with Gasteiger partial charge in [0.2, 0.25) is 0 Å².